The maximum absolute atomic E-state index is 12.3. The summed E-state index contributed by atoms with van der Waals surface area (Å²) >= 11 is 0. The molecular formula is C21H26N2O6. The van der Waals surface area contributed by atoms with E-state index in [9.17, 15) is 14.7 Å². The summed E-state index contributed by atoms with van der Waals surface area (Å²) in [6, 6.07) is 8.96. The molecule has 29 heavy (non-hydrogen) atoms. The van der Waals surface area contributed by atoms with E-state index in [2.05, 4.69) is 24.7 Å². The van der Waals surface area contributed by atoms with E-state index < -0.39 is 11.8 Å². The smallest absolute Gasteiger partial charge is 0.273 e. The second kappa shape index (κ2) is 10.2. The highest BCUT2D eigenvalue weighted by atomic mass is 16.5. The Morgan fingerprint density at radius 2 is 1.69 bits per heavy atom. The first-order valence-corrected chi connectivity index (χ1v) is 9.14. The molecule has 2 aromatic rings. The van der Waals surface area contributed by atoms with Crippen LogP contribution in [-0.2, 0) is 0 Å². The van der Waals surface area contributed by atoms with Crippen molar-refractivity contribution in [2.75, 3.05) is 20.8 Å². The minimum absolute atomic E-state index is 0.00224. The Kier molecular flexibility index (Phi) is 7.70. The molecule has 8 heteroatoms. The largest absolute Gasteiger partial charge is 0.507 e. The van der Waals surface area contributed by atoms with Gasteiger partial charge in [0.05, 0.1) is 26.4 Å². The van der Waals surface area contributed by atoms with Crippen LogP contribution in [0.1, 0.15) is 41.0 Å². The normalized spacial score (nSPS) is 10.4. The van der Waals surface area contributed by atoms with Gasteiger partial charge in [0.1, 0.15) is 11.5 Å². The Labute approximate surface area is 169 Å². The predicted molar refractivity (Wildman–Crippen MR) is 108 cm³/mol. The van der Waals surface area contributed by atoms with Gasteiger partial charge in [0.25, 0.3) is 11.8 Å². The lowest BCUT2D eigenvalue weighted by atomic mass is 10.1. The number of aromatic hydroxyl groups is 1. The first-order chi connectivity index (χ1) is 13.8. The van der Waals surface area contributed by atoms with Gasteiger partial charge in [-0.2, -0.15) is 0 Å². The van der Waals surface area contributed by atoms with E-state index in [-0.39, 0.29) is 16.9 Å². The summed E-state index contributed by atoms with van der Waals surface area (Å²) in [5.41, 5.74) is 4.84. The highest BCUT2D eigenvalue weighted by Gasteiger charge is 2.15. The zero-order valence-corrected chi connectivity index (χ0v) is 16.9. The lowest BCUT2D eigenvalue weighted by Gasteiger charge is -2.13. The average Bonchev–Trinajstić information content (AvgIpc) is 2.71. The first-order valence-electron chi connectivity index (χ1n) is 9.14. The van der Waals surface area contributed by atoms with E-state index in [4.69, 9.17) is 14.2 Å². The molecule has 0 fully saturated rings. The van der Waals surface area contributed by atoms with Gasteiger partial charge in [0.2, 0.25) is 0 Å². The Bertz CT molecular complexity index is 866. The fourth-order valence-electron chi connectivity index (χ4n) is 2.42. The van der Waals surface area contributed by atoms with Crippen LogP contribution in [-0.4, -0.2) is 37.7 Å². The Morgan fingerprint density at radius 1 is 0.966 bits per heavy atom. The molecule has 3 N–H and O–H groups in total. The van der Waals surface area contributed by atoms with Crippen LogP contribution < -0.4 is 25.1 Å². The molecule has 0 atom stereocenters. The highest BCUT2D eigenvalue weighted by Crippen LogP contribution is 2.28. The third kappa shape index (κ3) is 6.03. The molecule has 0 saturated heterocycles. The van der Waals surface area contributed by atoms with Crippen LogP contribution in [0.2, 0.25) is 0 Å². The van der Waals surface area contributed by atoms with Gasteiger partial charge in [-0.15, -0.1) is 0 Å². The van der Waals surface area contributed by atoms with Crippen molar-refractivity contribution in [3.05, 3.63) is 47.5 Å². The Morgan fingerprint density at radius 3 is 2.31 bits per heavy atom. The molecule has 0 spiro atoms. The number of carbonyl (C=O) groups is 2. The molecule has 0 aliphatic carbocycles. The van der Waals surface area contributed by atoms with Crippen molar-refractivity contribution in [2.45, 2.75) is 20.3 Å². The van der Waals surface area contributed by atoms with Gasteiger partial charge < -0.3 is 19.3 Å². The number of amides is 2. The van der Waals surface area contributed by atoms with Crippen LogP contribution >= 0.6 is 0 Å². The molecule has 156 valence electrons. The maximum atomic E-state index is 12.3. The number of hydrazine groups is 1. The molecule has 0 radical (unpaired) electrons. The van der Waals surface area contributed by atoms with E-state index in [1.165, 1.54) is 38.5 Å². The molecule has 8 nitrogen and oxygen atoms in total. The molecule has 0 bridgehead atoms. The van der Waals surface area contributed by atoms with Gasteiger partial charge in [-0.25, -0.2) is 0 Å². The second-order valence-corrected chi connectivity index (χ2v) is 6.69. The molecule has 0 aliphatic heterocycles. The van der Waals surface area contributed by atoms with E-state index in [1.54, 1.807) is 12.1 Å². The van der Waals surface area contributed by atoms with Gasteiger partial charge in [-0.05, 0) is 42.7 Å². The minimum atomic E-state index is -0.667. The summed E-state index contributed by atoms with van der Waals surface area (Å²) < 4.78 is 16.0. The number of rotatable bonds is 8. The van der Waals surface area contributed by atoms with Crippen LogP contribution in [0, 0.1) is 5.92 Å². The summed E-state index contributed by atoms with van der Waals surface area (Å²) in [4.78, 5) is 24.5. The van der Waals surface area contributed by atoms with Crippen LogP contribution in [0.3, 0.4) is 0 Å². The molecule has 2 amide bonds. The van der Waals surface area contributed by atoms with Crippen molar-refractivity contribution < 1.29 is 28.9 Å². The summed E-state index contributed by atoms with van der Waals surface area (Å²) in [7, 11) is 2.93. The zero-order chi connectivity index (χ0) is 21.4. The van der Waals surface area contributed by atoms with E-state index in [0.717, 1.165) is 6.42 Å². The van der Waals surface area contributed by atoms with Crippen molar-refractivity contribution in [1.29, 1.82) is 0 Å². The summed E-state index contributed by atoms with van der Waals surface area (Å²) in [6.07, 6.45) is 0.898. The van der Waals surface area contributed by atoms with E-state index in [0.29, 0.717) is 29.8 Å². The summed E-state index contributed by atoms with van der Waals surface area (Å²) in [6.45, 7) is 4.75. The quantitative estimate of drug-likeness (QED) is 0.586. The predicted octanol–water partition coefficient (Wildman–Crippen LogP) is 2.91. The molecule has 0 heterocycles. The molecular weight excluding hydrogens is 376 g/mol. The number of hydrogen-bond donors (Lipinski definition) is 3. The number of methoxy groups -OCH3 is 2. The van der Waals surface area contributed by atoms with Crippen LogP contribution in [0.5, 0.6) is 23.0 Å². The maximum Gasteiger partial charge on any atom is 0.273 e. The van der Waals surface area contributed by atoms with Crippen molar-refractivity contribution in [3.8, 4) is 23.0 Å². The number of benzene rings is 2. The number of phenols is 1. The third-order valence-corrected chi connectivity index (χ3v) is 4.12. The van der Waals surface area contributed by atoms with Crippen molar-refractivity contribution in [2.24, 2.45) is 5.92 Å². The first kappa shape index (κ1) is 21.9. The van der Waals surface area contributed by atoms with Crippen LogP contribution in [0.15, 0.2) is 36.4 Å². The fourth-order valence-corrected chi connectivity index (χ4v) is 2.42. The molecule has 2 aromatic carbocycles. The standard InChI is InChI=1S/C21H26N2O6/c1-13(2)9-10-29-18-8-5-14(11-19(18)28-4)20(25)22-23-21(26)16-7-6-15(27-3)12-17(16)24/h5-8,11-13,24H,9-10H2,1-4H3,(H,22,25)(H,23,26). The van der Waals surface area contributed by atoms with Crippen molar-refractivity contribution in [1.82, 2.24) is 10.9 Å². The SMILES string of the molecule is COc1ccc(C(=O)NNC(=O)c2ccc(OCCC(C)C)c(OC)c2)c(O)c1. The number of carbonyl (C=O) groups excluding carboxylic acids is 2. The van der Waals surface area contributed by atoms with Crippen LogP contribution in [0.25, 0.3) is 0 Å². The monoisotopic (exact) mass is 402 g/mol. The summed E-state index contributed by atoms with van der Waals surface area (Å²) in [5, 5.41) is 9.90. The molecule has 0 saturated carbocycles. The lowest BCUT2D eigenvalue weighted by Crippen LogP contribution is -2.41. The second-order valence-electron chi connectivity index (χ2n) is 6.69. The van der Waals surface area contributed by atoms with Gasteiger partial charge in [0.15, 0.2) is 11.5 Å². The molecule has 0 unspecified atom stereocenters. The lowest BCUT2D eigenvalue weighted by molar-refractivity contribution is 0.0844. The van der Waals surface area contributed by atoms with Crippen molar-refractivity contribution in [3.63, 3.8) is 0 Å². The van der Waals surface area contributed by atoms with E-state index in [1.807, 2.05) is 0 Å². The average molecular weight is 402 g/mol. The summed E-state index contributed by atoms with van der Waals surface area (Å²) in [5.74, 6) is 0.404. The topological polar surface area (TPSA) is 106 Å². The van der Waals surface area contributed by atoms with Crippen molar-refractivity contribution >= 4 is 11.8 Å². The van der Waals surface area contributed by atoms with Crippen LogP contribution in [0.4, 0.5) is 0 Å². The molecule has 0 aliphatic rings. The highest BCUT2D eigenvalue weighted by molar-refractivity contribution is 6.00. The third-order valence-electron chi connectivity index (χ3n) is 4.12. The molecule has 2 rings (SSSR count). The fraction of sp³-hybridized carbons (Fsp3) is 0.333. The Hall–Kier alpha value is -3.42. The number of nitrogens with one attached hydrogen (secondary N) is 2. The van der Waals surface area contributed by atoms with Gasteiger partial charge in [-0.1, -0.05) is 13.8 Å². The zero-order valence-electron chi connectivity index (χ0n) is 16.9. The van der Waals surface area contributed by atoms with Gasteiger partial charge in [-0.3, -0.25) is 20.4 Å². The van der Waals surface area contributed by atoms with Gasteiger partial charge in [0, 0.05) is 11.6 Å². The number of hydrogen-bond acceptors (Lipinski definition) is 6. The number of ether oxygens (including phenoxy) is 3. The molecule has 0 aromatic heterocycles. The minimum Gasteiger partial charge on any atom is -0.507 e. The van der Waals surface area contributed by atoms with E-state index >= 15 is 0 Å². The Balaban J connectivity index is 2.00. The number of phenolic OH excluding ortho intramolecular Hbond substituents is 1. The van der Waals surface area contributed by atoms with Gasteiger partial charge >= 0.3 is 0 Å².